The van der Waals surface area contributed by atoms with Crippen LogP contribution in [0.3, 0.4) is 0 Å². The van der Waals surface area contributed by atoms with Crippen LogP contribution in [0.5, 0.6) is 0 Å². The van der Waals surface area contributed by atoms with Crippen molar-refractivity contribution >= 4 is 6.03 Å². The zero-order chi connectivity index (χ0) is 12.4. The lowest BCUT2D eigenvalue weighted by atomic mass is 10.1. The van der Waals surface area contributed by atoms with Crippen molar-refractivity contribution in [3.63, 3.8) is 0 Å². The van der Waals surface area contributed by atoms with Gasteiger partial charge in [-0.15, -0.1) is 0 Å². The van der Waals surface area contributed by atoms with Gasteiger partial charge >= 0.3 is 6.03 Å². The number of hydrogen-bond donors (Lipinski definition) is 2. The smallest absolute Gasteiger partial charge is 0.317 e. The van der Waals surface area contributed by atoms with Gasteiger partial charge in [-0.3, -0.25) is 4.68 Å². The molecule has 0 unspecified atom stereocenters. The Hall–Kier alpha value is -1.56. The maximum absolute atomic E-state index is 11.6. The zero-order valence-electron chi connectivity index (χ0n) is 10.3. The third kappa shape index (κ3) is 2.58. The quantitative estimate of drug-likeness (QED) is 0.794. The number of urea groups is 1. The van der Waals surface area contributed by atoms with Crippen LogP contribution in [0, 0.1) is 0 Å². The van der Waals surface area contributed by atoms with Crippen LogP contribution in [-0.2, 0) is 6.54 Å². The first-order valence-corrected chi connectivity index (χ1v) is 5.88. The number of nitrogens with one attached hydrogen (secondary N) is 1. The van der Waals surface area contributed by atoms with E-state index in [9.17, 15) is 4.79 Å². The van der Waals surface area contributed by atoms with Crippen LogP contribution in [0.2, 0.25) is 0 Å². The molecule has 0 aliphatic carbocycles. The summed E-state index contributed by atoms with van der Waals surface area (Å²) in [6, 6.07) is 0.464. The average Bonchev–Trinajstić information content (AvgIpc) is 2.62. The molecule has 6 heteroatoms. The summed E-state index contributed by atoms with van der Waals surface area (Å²) in [4.78, 5) is 13.4. The minimum atomic E-state index is 0.00227. The van der Waals surface area contributed by atoms with Crippen molar-refractivity contribution in [1.29, 1.82) is 0 Å². The predicted molar refractivity (Wildman–Crippen MR) is 64.4 cm³/mol. The van der Waals surface area contributed by atoms with E-state index in [4.69, 9.17) is 5.73 Å². The largest absolute Gasteiger partial charge is 0.336 e. The van der Waals surface area contributed by atoms with Crippen LogP contribution in [0.25, 0.3) is 0 Å². The summed E-state index contributed by atoms with van der Waals surface area (Å²) in [5.41, 5.74) is 6.55. The molecule has 1 aromatic heterocycles. The van der Waals surface area contributed by atoms with E-state index in [0.717, 1.165) is 5.56 Å². The summed E-state index contributed by atoms with van der Waals surface area (Å²) in [6.07, 6.45) is 3.72. The Morgan fingerprint density at radius 3 is 2.88 bits per heavy atom. The van der Waals surface area contributed by atoms with Gasteiger partial charge in [0.1, 0.15) is 0 Å². The SMILES string of the molecule is CC(C)NC(=O)N1CC(n2cc(CN)cn2)C1. The van der Waals surface area contributed by atoms with Crippen molar-refractivity contribution in [1.82, 2.24) is 20.0 Å². The van der Waals surface area contributed by atoms with Crippen LogP contribution in [0.1, 0.15) is 25.5 Å². The lowest BCUT2D eigenvalue weighted by Gasteiger charge is -2.39. The molecule has 1 saturated heterocycles. The standard InChI is InChI=1S/C11H19N5O/c1-8(2)14-11(17)15-6-10(7-15)16-5-9(3-12)4-13-16/h4-5,8,10H,3,6-7,12H2,1-2H3,(H,14,17). The molecule has 0 aromatic carbocycles. The van der Waals surface area contributed by atoms with Crippen molar-refractivity contribution in [3.05, 3.63) is 18.0 Å². The van der Waals surface area contributed by atoms with Gasteiger partial charge in [-0.25, -0.2) is 4.79 Å². The second-order valence-corrected chi connectivity index (χ2v) is 4.70. The highest BCUT2D eigenvalue weighted by Crippen LogP contribution is 2.20. The second kappa shape index (κ2) is 4.75. The number of amides is 2. The van der Waals surface area contributed by atoms with Crippen LogP contribution >= 0.6 is 0 Å². The van der Waals surface area contributed by atoms with Gasteiger partial charge in [0.25, 0.3) is 0 Å². The number of nitrogens with zero attached hydrogens (tertiary/aromatic N) is 3. The van der Waals surface area contributed by atoms with Crippen molar-refractivity contribution in [2.75, 3.05) is 13.1 Å². The maximum Gasteiger partial charge on any atom is 0.317 e. The fourth-order valence-electron chi connectivity index (χ4n) is 1.81. The molecular weight excluding hydrogens is 218 g/mol. The van der Waals surface area contributed by atoms with Crippen molar-refractivity contribution in [3.8, 4) is 0 Å². The Bertz CT molecular complexity index is 394. The molecule has 6 nitrogen and oxygen atoms in total. The zero-order valence-corrected chi connectivity index (χ0v) is 10.3. The molecular formula is C11H19N5O. The summed E-state index contributed by atoms with van der Waals surface area (Å²) in [6.45, 7) is 5.84. The summed E-state index contributed by atoms with van der Waals surface area (Å²) in [5, 5.41) is 7.11. The van der Waals surface area contributed by atoms with Crippen molar-refractivity contribution in [2.24, 2.45) is 5.73 Å². The number of rotatable bonds is 3. The van der Waals surface area contributed by atoms with Crippen LogP contribution in [0.4, 0.5) is 4.79 Å². The first-order valence-electron chi connectivity index (χ1n) is 5.88. The third-order valence-corrected chi connectivity index (χ3v) is 2.83. The Labute approximate surface area is 101 Å². The molecule has 0 bridgehead atoms. The predicted octanol–water partition coefficient (Wildman–Crippen LogP) is 0.317. The first kappa shape index (κ1) is 11.9. The van der Waals surface area contributed by atoms with Crippen LogP contribution < -0.4 is 11.1 Å². The number of aromatic nitrogens is 2. The number of carbonyl (C=O) groups excluding carboxylic acids is 1. The van der Waals surface area contributed by atoms with Gasteiger partial charge in [0.05, 0.1) is 12.2 Å². The van der Waals surface area contributed by atoms with Crippen LogP contribution in [0.15, 0.2) is 12.4 Å². The van der Waals surface area contributed by atoms with E-state index < -0.39 is 0 Å². The van der Waals surface area contributed by atoms with E-state index in [2.05, 4.69) is 10.4 Å². The number of carbonyl (C=O) groups is 1. The minimum Gasteiger partial charge on any atom is -0.336 e. The average molecular weight is 237 g/mol. The van der Waals surface area contributed by atoms with E-state index in [1.807, 2.05) is 24.7 Å². The highest BCUT2D eigenvalue weighted by Gasteiger charge is 2.32. The molecule has 3 N–H and O–H groups in total. The molecule has 0 spiro atoms. The Morgan fingerprint density at radius 1 is 1.65 bits per heavy atom. The Balaban J connectivity index is 1.84. The Kier molecular flexibility index (Phi) is 3.33. The maximum atomic E-state index is 11.6. The first-order chi connectivity index (χ1) is 8.10. The van der Waals surface area contributed by atoms with Crippen LogP contribution in [-0.4, -0.2) is 39.8 Å². The molecule has 0 radical (unpaired) electrons. The van der Waals surface area contributed by atoms with E-state index in [-0.39, 0.29) is 18.1 Å². The monoisotopic (exact) mass is 237 g/mol. The van der Waals surface area contributed by atoms with Gasteiger partial charge in [-0.05, 0) is 13.8 Å². The fraction of sp³-hybridized carbons (Fsp3) is 0.636. The van der Waals surface area contributed by atoms with Gasteiger partial charge in [-0.2, -0.15) is 5.10 Å². The number of hydrogen-bond acceptors (Lipinski definition) is 3. The normalized spacial score (nSPS) is 16.1. The molecule has 1 aliphatic heterocycles. The van der Waals surface area contributed by atoms with Gasteiger partial charge in [0.2, 0.25) is 0 Å². The van der Waals surface area contributed by atoms with Gasteiger partial charge in [-0.1, -0.05) is 0 Å². The summed E-state index contributed by atoms with van der Waals surface area (Å²) in [5.74, 6) is 0. The van der Waals surface area contributed by atoms with Gasteiger partial charge < -0.3 is 16.0 Å². The molecule has 2 heterocycles. The molecule has 1 aromatic rings. The molecule has 1 aliphatic rings. The molecule has 2 rings (SSSR count). The number of likely N-dealkylation sites (tertiary alicyclic amines) is 1. The highest BCUT2D eigenvalue weighted by atomic mass is 16.2. The molecule has 0 atom stereocenters. The van der Waals surface area contributed by atoms with E-state index in [0.29, 0.717) is 19.6 Å². The molecule has 2 amide bonds. The second-order valence-electron chi connectivity index (χ2n) is 4.70. The molecule has 17 heavy (non-hydrogen) atoms. The minimum absolute atomic E-state index is 0.00227. The summed E-state index contributed by atoms with van der Waals surface area (Å²) in [7, 11) is 0. The molecule has 94 valence electrons. The van der Waals surface area contributed by atoms with E-state index >= 15 is 0 Å². The summed E-state index contributed by atoms with van der Waals surface area (Å²) < 4.78 is 1.89. The lowest BCUT2D eigenvalue weighted by Crippen LogP contribution is -2.55. The summed E-state index contributed by atoms with van der Waals surface area (Å²) >= 11 is 0. The van der Waals surface area contributed by atoms with Gasteiger partial charge in [0, 0.05) is 37.4 Å². The fourth-order valence-corrected chi connectivity index (χ4v) is 1.81. The van der Waals surface area contributed by atoms with Crippen molar-refractivity contribution < 1.29 is 4.79 Å². The molecule has 0 saturated carbocycles. The van der Waals surface area contributed by atoms with Crippen molar-refractivity contribution in [2.45, 2.75) is 32.5 Å². The topological polar surface area (TPSA) is 76.2 Å². The van der Waals surface area contributed by atoms with E-state index in [1.165, 1.54) is 0 Å². The number of nitrogens with two attached hydrogens (primary N) is 1. The highest BCUT2D eigenvalue weighted by molar-refractivity contribution is 5.75. The third-order valence-electron chi connectivity index (χ3n) is 2.83. The van der Waals surface area contributed by atoms with E-state index in [1.54, 1.807) is 11.1 Å². The Morgan fingerprint density at radius 2 is 2.35 bits per heavy atom. The lowest BCUT2D eigenvalue weighted by molar-refractivity contribution is 0.117. The molecule has 1 fully saturated rings. The van der Waals surface area contributed by atoms with Gasteiger partial charge in [0.15, 0.2) is 0 Å².